The number of benzene rings is 1. The summed E-state index contributed by atoms with van der Waals surface area (Å²) in [6, 6.07) is 11.1. The number of carbonyl (C=O) groups is 2. The minimum Gasteiger partial charge on any atom is -0.462 e. The van der Waals surface area contributed by atoms with Gasteiger partial charge in [-0.15, -0.1) is 11.3 Å². The maximum Gasteiger partial charge on any atom is 0.343 e. The lowest BCUT2D eigenvalue weighted by atomic mass is 10.1. The topological polar surface area (TPSA) is 119 Å². The SMILES string of the molecule is CCOC(=O)C1=C(C)Nc2ccccc2N=C1NC(=O)CCc1nc(-c2cccs2)no1. The second-order valence-electron chi connectivity index (χ2n) is 6.86. The molecule has 0 bridgehead atoms. The first kappa shape index (κ1) is 21.4. The zero-order chi connectivity index (χ0) is 22.5. The van der Waals surface area contributed by atoms with Crippen LogP contribution in [-0.4, -0.2) is 34.5 Å². The van der Waals surface area contributed by atoms with Crippen LogP contribution in [0.15, 0.2) is 62.6 Å². The van der Waals surface area contributed by atoms with Gasteiger partial charge >= 0.3 is 5.97 Å². The molecule has 0 aliphatic carbocycles. The number of nitrogens with zero attached hydrogens (tertiary/aromatic N) is 3. The van der Waals surface area contributed by atoms with Crippen LogP contribution in [0.3, 0.4) is 0 Å². The zero-order valence-electron chi connectivity index (χ0n) is 17.5. The van der Waals surface area contributed by atoms with Crippen molar-refractivity contribution in [2.75, 3.05) is 11.9 Å². The maximum atomic E-state index is 12.7. The van der Waals surface area contributed by atoms with Gasteiger partial charge in [-0.25, -0.2) is 9.79 Å². The first-order valence-electron chi connectivity index (χ1n) is 10.0. The molecule has 0 spiro atoms. The van der Waals surface area contributed by atoms with Gasteiger partial charge < -0.3 is 19.9 Å². The summed E-state index contributed by atoms with van der Waals surface area (Å²) < 4.78 is 10.4. The number of para-hydroxylation sites is 2. The van der Waals surface area contributed by atoms with Crippen LogP contribution in [0.5, 0.6) is 0 Å². The predicted octanol–water partition coefficient (Wildman–Crippen LogP) is 3.84. The highest BCUT2D eigenvalue weighted by Crippen LogP contribution is 2.30. The van der Waals surface area contributed by atoms with E-state index in [-0.39, 0.29) is 36.8 Å². The van der Waals surface area contributed by atoms with Gasteiger partial charge in [-0.05, 0) is 37.4 Å². The quantitative estimate of drug-likeness (QED) is 0.547. The standard InChI is InChI=1S/C22H21N5O4S/c1-3-30-22(29)19-13(2)23-14-7-4-5-8-15(14)24-21(19)25-17(28)10-11-18-26-20(27-31-18)16-9-6-12-32-16/h4-9,12,23H,3,10-11H2,1-2H3,(H,24,25,28). The maximum absolute atomic E-state index is 12.7. The molecular weight excluding hydrogens is 430 g/mol. The number of nitrogens with one attached hydrogen (secondary N) is 2. The molecule has 10 heteroatoms. The Hall–Kier alpha value is -3.79. The molecule has 1 amide bonds. The Balaban J connectivity index is 1.51. The number of thiophene rings is 1. The molecule has 4 rings (SSSR count). The van der Waals surface area contributed by atoms with Crippen molar-refractivity contribution in [1.82, 2.24) is 15.5 Å². The van der Waals surface area contributed by atoms with E-state index in [0.717, 1.165) is 10.6 Å². The van der Waals surface area contributed by atoms with Gasteiger partial charge in [0.25, 0.3) is 0 Å². The number of fused-ring (bicyclic) bond motifs is 1. The molecule has 0 fully saturated rings. The van der Waals surface area contributed by atoms with Gasteiger partial charge in [0.2, 0.25) is 17.6 Å². The molecule has 0 radical (unpaired) electrons. The van der Waals surface area contributed by atoms with Crippen LogP contribution in [0.1, 0.15) is 26.2 Å². The van der Waals surface area contributed by atoms with Crippen molar-refractivity contribution in [1.29, 1.82) is 0 Å². The van der Waals surface area contributed by atoms with Crippen molar-refractivity contribution in [3.63, 3.8) is 0 Å². The number of carbonyl (C=O) groups excluding carboxylic acids is 2. The normalized spacial score (nSPS) is 13.0. The van der Waals surface area contributed by atoms with Crippen molar-refractivity contribution in [3.05, 3.63) is 58.9 Å². The van der Waals surface area contributed by atoms with E-state index >= 15 is 0 Å². The number of hydrogen-bond acceptors (Lipinski definition) is 9. The molecule has 1 aromatic carbocycles. The molecule has 2 aromatic heterocycles. The van der Waals surface area contributed by atoms with E-state index in [4.69, 9.17) is 9.26 Å². The number of hydrogen-bond donors (Lipinski definition) is 2. The Bertz CT molecular complexity index is 1200. The van der Waals surface area contributed by atoms with Crippen LogP contribution in [0, 0.1) is 0 Å². The molecular formula is C22H21N5O4S. The van der Waals surface area contributed by atoms with E-state index < -0.39 is 5.97 Å². The highest BCUT2D eigenvalue weighted by Gasteiger charge is 2.26. The lowest BCUT2D eigenvalue weighted by Crippen LogP contribution is -2.35. The third-order valence-electron chi connectivity index (χ3n) is 4.58. The summed E-state index contributed by atoms with van der Waals surface area (Å²) >= 11 is 1.51. The average Bonchev–Trinajstić information content (AvgIpc) is 3.43. The number of ether oxygens (including phenoxy) is 1. The fourth-order valence-corrected chi connectivity index (χ4v) is 3.77. The van der Waals surface area contributed by atoms with E-state index in [1.807, 2.05) is 35.7 Å². The van der Waals surface area contributed by atoms with Crippen LogP contribution >= 0.6 is 11.3 Å². The van der Waals surface area contributed by atoms with Crippen molar-refractivity contribution in [2.45, 2.75) is 26.7 Å². The van der Waals surface area contributed by atoms with Crippen molar-refractivity contribution >= 4 is 40.4 Å². The van der Waals surface area contributed by atoms with E-state index in [2.05, 4.69) is 25.8 Å². The molecule has 3 aromatic rings. The Labute approximate surface area is 188 Å². The van der Waals surface area contributed by atoms with Gasteiger partial charge in [0.15, 0.2) is 0 Å². The van der Waals surface area contributed by atoms with Crippen LogP contribution in [0.2, 0.25) is 0 Å². The second kappa shape index (κ2) is 9.56. The number of aryl methyl sites for hydroxylation is 1. The summed E-state index contributed by atoms with van der Waals surface area (Å²) in [6.45, 7) is 3.66. The van der Waals surface area contributed by atoms with Crippen LogP contribution in [0.4, 0.5) is 11.4 Å². The first-order valence-corrected chi connectivity index (χ1v) is 10.9. The Morgan fingerprint density at radius 3 is 2.84 bits per heavy atom. The third-order valence-corrected chi connectivity index (χ3v) is 5.45. The molecule has 2 N–H and O–H groups in total. The number of amides is 1. The van der Waals surface area contributed by atoms with Gasteiger partial charge in [-0.3, -0.25) is 4.79 Å². The number of allylic oxidation sites excluding steroid dienone is 1. The summed E-state index contributed by atoms with van der Waals surface area (Å²) in [7, 11) is 0. The Kier molecular flexibility index (Phi) is 6.41. The van der Waals surface area contributed by atoms with Crippen molar-refractivity contribution in [3.8, 4) is 10.7 Å². The van der Waals surface area contributed by atoms with E-state index in [1.54, 1.807) is 19.9 Å². The largest absolute Gasteiger partial charge is 0.462 e. The zero-order valence-corrected chi connectivity index (χ0v) is 18.4. The fourth-order valence-electron chi connectivity index (χ4n) is 3.12. The molecule has 0 unspecified atom stereocenters. The first-order chi connectivity index (χ1) is 15.5. The highest BCUT2D eigenvalue weighted by molar-refractivity contribution is 7.13. The Morgan fingerprint density at radius 1 is 1.22 bits per heavy atom. The number of aromatic nitrogens is 2. The fraction of sp³-hybridized carbons (Fsp3) is 0.227. The van der Waals surface area contributed by atoms with E-state index in [9.17, 15) is 9.59 Å². The number of esters is 1. The summed E-state index contributed by atoms with van der Waals surface area (Å²) in [5.41, 5.74) is 2.03. The minimum atomic E-state index is -0.568. The second-order valence-corrected chi connectivity index (χ2v) is 7.81. The molecule has 1 aliphatic rings. The number of amidine groups is 1. The van der Waals surface area contributed by atoms with Gasteiger partial charge in [-0.1, -0.05) is 23.4 Å². The molecule has 0 saturated heterocycles. The smallest absolute Gasteiger partial charge is 0.343 e. The molecule has 0 saturated carbocycles. The van der Waals surface area contributed by atoms with Crippen LogP contribution in [-0.2, 0) is 20.7 Å². The van der Waals surface area contributed by atoms with Crippen LogP contribution < -0.4 is 10.6 Å². The predicted molar refractivity (Wildman–Crippen MR) is 121 cm³/mol. The molecule has 9 nitrogen and oxygen atoms in total. The molecule has 0 atom stereocenters. The molecule has 3 heterocycles. The van der Waals surface area contributed by atoms with Crippen LogP contribution in [0.25, 0.3) is 10.7 Å². The van der Waals surface area contributed by atoms with Gasteiger partial charge in [0.1, 0.15) is 11.4 Å². The van der Waals surface area contributed by atoms with E-state index in [0.29, 0.717) is 23.1 Å². The van der Waals surface area contributed by atoms with Gasteiger partial charge in [0, 0.05) is 18.5 Å². The van der Waals surface area contributed by atoms with Gasteiger partial charge in [-0.2, -0.15) is 4.98 Å². The number of anilines is 1. The molecule has 164 valence electrons. The molecule has 32 heavy (non-hydrogen) atoms. The summed E-state index contributed by atoms with van der Waals surface area (Å²) in [5.74, 6) is 0.0775. The highest BCUT2D eigenvalue weighted by atomic mass is 32.1. The summed E-state index contributed by atoms with van der Waals surface area (Å²) in [5, 5.41) is 11.8. The monoisotopic (exact) mass is 451 g/mol. The number of rotatable bonds is 6. The summed E-state index contributed by atoms with van der Waals surface area (Å²) in [6.07, 6.45) is 0.332. The molecule has 1 aliphatic heterocycles. The lowest BCUT2D eigenvalue weighted by Gasteiger charge is -2.13. The lowest BCUT2D eigenvalue weighted by molar-refractivity contribution is -0.137. The van der Waals surface area contributed by atoms with E-state index in [1.165, 1.54) is 11.3 Å². The third kappa shape index (κ3) is 4.75. The summed E-state index contributed by atoms with van der Waals surface area (Å²) in [4.78, 5) is 35.1. The minimum absolute atomic E-state index is 0.0787. The van der Waals surface area contributed by atoms with Crippen molar-refractivity contribution in [2.24, 2.45) is 4.99 Å². The average molecular weight is 452 g/mol. The number of aliphatic imine (C=N–C) groups is 1. The van der Waals surface area contributed by atoms with Gasteiger partial charge in [0.05, 0.1) is 22.9 Å². The Morgan fingerprint density at radius 2 is 2.06 bits per heavy atom. The van der Waals surface area contributed by atoms with Crippen molar-refractivity contribution < 1.29 is 18.8 Å².